The number of aromatic nitrogens is 1. The molecule has 2 nitrogen and oxygen atoms in total. The summed E-state index contributed by atoms with van der Waals surface area (Å²) in [6.07, 6.45) is 1.51. The van der Waals surface area contributed by atoms with Crippen LogP contribution in [0.15, 0.2) is 48.7 Å². The molecule has 0 radical (unpaired) electrons. The van der Waals surface area contributed by atoms with Gasteiger partial charge in [0.1, 0.15) is 0 Å². The SMILES string of the molecule is O=C(c1cccc(F)c1F)c1c[nH]c2ccccc12. The van der Waals surface area contributed by atoms with Crippen molar-refractivity contribution in [1.29, 1.82) is 0 Å². The molecule has 0 amide bonds. The van der Waals surface area contributed by atoms with Gasteiger partial charge in [0.05, 0.1) is 5.56 Å². The van der Waals surface area contributed by atoms with E-state index in [0.29, 0.717) is 10.9 Å². The fraction of sp³-hybridized carbons (Fsp3) is 0. The predicted molar refractivity (Wildman–Crippen MR) is 68.1 cm³/mol. The molecule has 94 valence electrons. The van der Waals surface area contributed by atoms with Gasteiger partial charge in [0.15, 0.2) is 17.4 Å². The van der Waals surface area contributed by atoms with Crippen LogP contribution < -0.4 is 0 Å². The standard InChI is InChI=1S/C15H9F2NO/c16-12-6-3-5-10(14(12)17)15(19)11-8-18-13-7-2-1-4-9(11)13/h1-8,18H. The number of benzene rings is 2. The predicted octanol–water partition coefficient (Wildman–Crippen LogP) is 3.68. The maximum absolute atomic E-state index is 13.6. The highest BCUT2D eigenvalue weighted by atomic mass is 19.2. The number of hydrogen-bond acceptors (Lipinski definition) is 1. The van der Waals surface area contributed by atoms with Crippen molar-refractivity contribution < 1.29 is 13.6 Å². The van der Waals surface area contributed by atoms with Crippen LogP contribution in [0.2, 0.25) is 0 Å². The van der Waals surface area contributed by atoms with Crippen molar-refractivity contribution in [3.05, 3.63) is 71.4 Å². The van der Waals surface area contributed by atoms with Gasteiger partial charge in [-0.2, -0.15) is 0 Å². The highest BCUT2D eigenvalue weighted by Gasteiger charge is 2.19. The first-order chi connectivity index (χ1) is 9.18. The molecule has 1 N–H and O–H groups in total. The molecule has 3 rings (SSSR count). The summed E-state index contributed by atoms with van der Waals surface area (Å²) in [4.78, 5) is 15.2. The van der Waals surface area contributed by atoms with E-state index in [4.69, 9.17) is 0 Å². The first-order valence-electron chi connectivity index (χ1n) is 5.73. The average Bonchev–Trinajstić information content (AvgIpc) is 2.85. The summed E-state index contributed by atoms with van der Waals surface area (Å²) in [7, 11) is 0. The molecule has 1 aromatic heterocycles. The molecule has 0 unspecified atom stereocenters. The number of aromatic amines is 1. The molecule has 0 atom stereocenters. The number of nitrogens with one attached hydrogen (secondary N) is 1. The van der Waals surface area contributed by atoms with Gasteiger partial charge in [0.2, 0.25) is 0 Å². The molecule has 0 aliphatic rings. The van der Waals surface area contributed by atoms with Gasteiger partial charge >= 0.3 is 0 Å². The smallest absolute Gasteiger partial charge is 0.198 e. The maximum Gasteiger partial charge on any atom is 0.198 e. The van der Waals surface area contributed by atoms with Crippen LogP contribution in [0.1, 0.15) is 15.9 Å². The Morgan fingerprint density at radius 3 is 2.58 bits per heavy atom. The molecule has 2 aromatic carbocycles. The Balaban J connectivity index is 2.17. The van der Waals surface area contributed by atoms with E-state index in [1.54, 1.807) is 12.1 Å². The minimum Gasteiger partial charge on any atom is -0.360 e. The number of H-pyrrole nitrogens is 1. The fourth-order valence-electron chi connectivity index (χ4n) is 2.08. The maximum atomic E-state index is 13.6. The molecule has 19 heavy (non-hydrogen) atoms. The first kappa shape index (κ1) is 11.6. The number of halogens is 2. The van der Waals surface area contributed by atoms with Gasteiger partial charge in [-0.1, -0.05) is 24.3 Å². The van der Waals surface area contributed by atoms with E-state index in [-0.39, 0.29) is 5.56 Å². The third-order valence-electron chi connectivity index (χ3n) is 3.03. The summed E-state index contributed by atoms with van der Waals surface area (Å²) in [5.74, 6) is -2.67. The quantitative estimate of drug-likeness (QED) is 0.698. The normalized spacial score (nSPS) is 10.8. The van der Waals surface area contributed by atoms with Crippen molar-refractivity contribution in [3.63, 3.8) is 0 Å². The monoisotopic (exact) mass is 257 g/mol. The number of fused-ring (bicyclic) bond motifs is 1. The van der Waals surface area contributed by atoms with Gasteiger partial charge in [-0.05, 0) is 18.2 Å². The van der Waals surface area contributed by atoms with Gasteiger partial charge in [0.25, 0.3) is 0 Å². The first-order valence-corrected chi connectivity index (χ1v) is 5.73. The van der Waals surface area contributed by atoms with Crippen LogP contribution in [0, 0.1) is 11.6 Å². The second kappa shape index (κ2) is 4.31. The molecular formula is C15H9F2NO. The number of rotatable bonds is 2. The molecule has 0 aliphatic carbocycles. The third-order valence-corrected chi connectivity index (χ3v) is 3.03. The second-order valence-electron chi connectivity index (χ2n) is 4.18. The van der Waals surface area contributed by atoms with Crippen LogP contribution in [-0.4, -0.2) is 10.8 Å². The molecule has 4 heteroatoms. The lowest BCUT2D eigenvalue weighted by molar-refractivity contribution is 0.103. The van der Waals surface area contributed by atoms with Crippen LogP contribution in [0.4, 0.5) is 8.78 Å². The van der Waals surface area contributed by atoms with E-state index in [9.17, 15) is 13.6 Å². The van der Waals surface area contributed by atoms with Crippen LogP contribution in [0.3, 0.4) is 0 Å². The van der Waals surface area contributed by atoms with Crippen LogP contribution in [0.5, 0.6) is 0 Å². The van der Waals surface area contributed by atoms with Crippen molar-refractivity contribution in [3.8, 4) is 0 Å². The molecule has 0 saturated heterocycles. The van der Waals surface area contributed by atoms with E-state index >= 15 is 0 Å². The molecule has 1 heterocycles. The zero-order valence-electron chi connectivity index (χ0n) is 9.78. The van der Waals surface area contributed by atoms with Crippen molar-refractivity contribution in [2.75, 3.05) is 0 Å². The number of para-hydroxylation sites is 1. The van der Waals surface area contributed by atoms with E-state index in [1.165, 1.54) is 18.3 Å². The van der Waals surface area contributed by atoms with Gasteiger partial charge in [-0.15, -0.1) is 0 Å². The summed E-state index contributed by atoms with van der Waals surface area (Å²) >= 11 is 0. The zero-order valence-corrected chi connectivity index (χ0v) is 9.78. The summed E-state index contributed by atoms with van der Waals surface area (Å²) < 4.78 is 26.8. The summed E-state index contributed by atoms with van der Waals surface area (Å²) in [5, 5.41) is 0.691. The molecule has 0 saturated carbocycles. The molecular weight excluding hydrogens is 248 g/mol. The van der Waals surface area contributed by atoms with Crippen molar-refractivity contribution in [2.45, 2.75) is 0 Å². The lowest BCUT2D eigenvalue weighted by Gasteiger charge is -2.02. The molecule has 0 fully saturated rings. The van der Waals surface area contributed by atoms with E-state index in [0.717, 1.165) is 11.6 Å². The number of hydrogen-bond donors (Lipinski definition) is 1. The summed E-state index contributed by atoms with van der Waals surface area (Å²) in [6, 6.07) is 10.8. The highest BCUT2D eigenvalue weighted by Crippen LogP contribution is 2.22. The molecule has 3 aromatic rings. The Bertz CT molecular complexity index is 777. The van der Waals surface area contributed by atoms with E-state index in [1.807, 2.05) is 12.1 Å². The lowest BCUT2D eigenvalue weighted by atomic mass is 10.0. The van der Waals surface area contributed by atoms with E-state index in [2.05, 4.69) is 4.98 Å². The molecule has 0 aliphatic heterocycles. The zero-order chi connectivity index (χ0) is 13.4. The topological polar surface area (TPSA) is 32.9 Å². The van der Waals surface area contributed by atoms with Crippen molar-refractivity contribution >= 4 is 16.7 Å². The van der Waals surface area contributed by atoms with Crippen molar-refractivity contribution in [1.82, 2.24) is 4.98 Å². The van der Waals surface area contributed by atoms with Gasteiger partial charge in [-0.25, -0.2) is 8.78 Å². The number of carbonyl (C=O) groups excluding carboxylic acids is 1. The Hall–Kier alpha value is -2.49. The minimum absolute atomic E-state index is 0.259. The largest absolute Gasteiger partial charge is 0.360 e. The minimum atomic E-state index is -1.11. The van der Waals surface area contributed by atoms with Crippen LogP contribution in [0.25, 0.3) is 10.9 Å². The van der Waals surface area contributed by atoms with Gasteiger partial charge in [-0.3, -0.25) is 4.79 Å². The Kier molecular flexibility index (Phi) is 2.63. The molecule has 0 bridgehead atoms. The van der Waals surface area contributed by atoms with Gasteiger partial charge in [0, 0.05) is 22.7 Å². The summed E-state index contributed by atoms with van der Waals surface area (Å²) in [6.45, 7) is 0. The Morgan fingerprint density at radius 1 is 0.947 bits per heavy atom. The fourth-order valence-corrected chi connectivity index (χ4v) is 2.08. The number of ketones is 1. The highest BCUT2D eigenvalue weighted by molar-refractivity contribution is 6.16. The van der Waals surface area contributed by atoms with E-state index < -0.39 is 17.4 Å². The number of carbonyl (C=O) groups is 1. The van der Waals surface area contributed by atoms with Crippen LogP contribution in [-0.2, 0) is 0 Å². The second-order valence-corrected chi connectivity index (χ2v) is 4.18. The third kappa shape index (κ3) is 1.81. The lowest BCUT2D eigenvalue weighted by Crippen LogP contribution is -2.05. The van der Waals surface area contributed by atoms with Crippen LogP contribution >= 0.6 is 0 Å². The Morgan fingerprint density at radius 2 is 1.74 bits per heavy atom. The summed E-state index contributed by atoms with van der Waals surface area (Å²) in [5.41, 5.74) is 0.854. The average molecular weight is 257 g/mol. The van der Waals surface area contributed by atoms with Gasteiger partial charge < -0.3 is 4.98 Å². The van der Waals surface area contributed by atoms with Crippen molar-refractivity contribution in [2.24, 2.45) is 0 Å². The molecule has 0 spiro atoms. The Labute approximate surface area is 107 Å².